The van der Waals surface area contributed by atoms with E-state index in [4.69, 9.17) is 0 Å². The number of para-hydroxylation sites is 1. The number of carbonyl (C=O) groups excluding carboxylic acids is 2. The van der Waals surface area contributed by atoms with E-state index >= 15 is 0 Å². The number of rotatable bonds is 4. The van der Waals surface area contributed by atoms with Crippen LogP contribution in [0.5, 0.6) is 0 Å². The topological polar surface area (TPSA) is 49.4 Å². The lowest BCUT2D eigenvalue weighted by Gasteiger charge is -2.35. The largest absolute Gasteiger partial charge is 0.342 e. The molecule has 2 amide bonds. The maximum Gasteiger partial charge on any atom is 0.227 e. The van der Waals surface area contributed by atoms with Gasteiger partial charge in [-0.25, -0.2) is 0 Å². The number of amides is 2. The van der Waals surface area contributed by atoms with Crippen molar-refractivity contribution in [1.82, 2.24) is 4.90 Å². The minimum Gasteiger partial charge on any atom is -0.342 e. The second-order valence-corrected chi connectivity index (χ2v) is 8.81. The standard InChI is InChI=1S/C23H34N2O2/c1-16(2)20-8-4-5-9-21(20)24-22(26)18-10-12-19(13-11-18)23(27)25-14-6-7-17(3)15-25/h4-5,8-9,16-19H,6-7,10-15H2,1-3H3,(H,24,26). The van der Waals surface area contributed by atoms with Crippen LogP contribution in [0.25, 0.3) is 0 Å². The Balaban J connectivity index is 1.53. The molecule has 1 saturated carbocycles. The maximum absolute atomic E-state index is 12.8. The van der Waals surface area contributed by atoms with Crippen LogP contribution in [0.4, 0.5) is 5.69 Å². The minimum atomic E-state index is 0.0227. The van der Waals surface area contributed by atoms with Crippen molar-refractivity contribution in [3.63, 3.8) is 0 Å². The Labute approximate surface area is 163 Å². The summed E-state index contributed by atoms with van der Waals surface area (Å²) < 4.78 is 0. The van der Waals surface area contributed by atoms with Gasteiger partial charge in [0.15, 0.2) is 0 Å². The fraction of sp³-hybridized carbons (Fsp3) is 0.652. The third kappa shape index (κ3) is 4.91. The Morgan fingerprint density at radius 2 is 1.70 bits per heavy atom. The summed E-state index contributed by atoms with van der Waals surface area (Å²) in [5.41, 5.74) is 2.10. The summed E-state index contributed by atoms with van der Waals surface area (Å²) in [6.07, 6.45) is 5.67. The molecule has 1 aliphatic carbocycles. The van der Waals surface area contributed by atoms with Crippen molar-refractivity contribution >= 4 is 17.5 Å². The molecule has 1 unspecified atom stereocenters. The molecule has 2 aliphatic rings. The van der Waals surface area contributed by atoms with Gasteiger partial charge in [0, 0.05) is 30.6 Å². The van der Waals surface area contributed by atoms with Gasteiger partial charge in [0.1, 0.15) is 0 Å². The van der Waals surface area contributed by atoms with Crippen molar-refractivity contribution in [3.05, 3.63) is 29.8 Å². The van der Waals surface area contributed by atoms with Crippen molar-refractivity contribution in [2.45, 2.75) is 65.2 Å². The van der Waals surface area contributed by atoms with E-state index in [-0.39, 0.29) is 17.7 Å². The zero-order chi connectivity index (χ0) is 19.4. The molecule has 2 fully saturated rings. The summed E-state index contributed by atoms with van der Waals surface area (Å²) in [6.45, 7) is 8.34. The highest BCUT2D eigenvalue weighted by Crippen LogP contribution is 2.33. The number of benzene rings is 1. The molecule has 0 spiro atoms. The Hall–Kier alpha value is -1.84. The number of anilines is 1. The smallest absolute Gasteiger partial charge is 0.227 e. The Morgan fingerprint density at radius 1 is 1.04 bits per heavy atom. The molecule has 1 aromatic rings. The number of likely N-dealkylation sites (tertiary alicyclic amines) is 1. The van der Waals surface area contributed by atoms with E-state index in [1.807, 2.05) is 18.2 Å². The maximum atomic E-state index is 12.8. The molecule has 3 rings (SSSR count). The molecule has 0 aromatic heterocycles. The average molecular weight is 371 g/mol. The van der Waals surface area contributed by atoms with E-state index in [0.29, 0.717) is 17.7 Å². The molecule has 1 aromatic carbocycles. The highest BCUT2D eigenvalue weighted by molar-refractivity contribution is 5.93. The van der Waals surface area contributed by atoms with Crippen LogP contribution < -0.4 is 5.32 Å². The van der Waals surface area contributed by atoms with Crippen LogP contribution in [-0.2, 0) is 9.59 Å². The van der Waals surface area contributed by atoms with Crippen LogP contribution >= 0.6 is 0 Å². The predicted molar refractivity (Wildman–Crippen MR) is 110 cm³/mol. The van der Waals surface area contributed by atoms with Crippen molar-refractivity contribution in [3.8, 4) is 0 Å². The van der Waals surface area contributed by atoms with Crippen LogP contribution in [0.1, 0.15) is 70.8 Å². The highest BCUT2D eigenvalue weighted by atomic mass is 16.2. The number of nitrogens with zero attached hydrogens (tertiary/aromatic N) is 1. The van der Waals surface area contributed by atoms with Gasteiger partial charge in [-0.15, -0.1) is 0 Å². The Bertz CT molecular complexity index is 662. The summed E-state index contributed by atoms with van der Waals surface area (Å²) in [7, 11) is 0. The van der Waals surface area contributed by atoms with Gasteiger partial charge in [0.05, 0.1) is 0 Å². The van der Waals surface area contributed by atoms with E-state index in [0.717, 1.165) is 50.9 Å². The number of piperidine rings is 1. The fourth-order valence-corrected chi connectivity index (χ4v) is 4.60. The molecule has 1 heterocycles. The van der Waals surface area contributed by atoms with Gasteiger partial charge < -0.3 is 10.2 Å². The minimum absolute atomic E-state index is 0.0227. The SMILES string of the molecule is CC1CCCN(C(=O)C2CCC(C(=O)Nc3ccccc3C(C)C)CC2)C1. The summed E-state index contributed by atoms with van der Waals surface area (Å²) >= 11 is 0. The molecule has 4 nitrogen and oxygen atoms in total. The van der Waals surface area contributed by atoms with Crippen molar-refractivity contribution in [2.75, 3.05) is 18.4 Å². The van der Waals surface area contributed by atoms with Crippen LogP contribution in [0.3, 0.4) is 0 Å². The first kappa shape index (κ1) is 19.9. The van der Waals surface area contributed by atoms with E-state index < -0.39 is 0 Å². The zero-order valence-electron chi connectivity index (χ0n) is 17.0. The molecule has 0 bridgehead atoms. The molecular formula is C23H34N2O2. The van der Waals surface area contributed by atoms with Crippen molar-refractivity contribution in [2.24, 2.45) is 17.8 Å². The van der Waals surface area contributed by atoms with Gasteiger partial charge in [-0.3, -0.25) is 9.59 Å². The van der Waals surface area contributed by atoms with Gasteiger partial charge in [-0.1, -0.05) is 39.0 Å². The van der Waals surface area contributed by atoms with E-state index in [1.54, 1.807) is 0 Å². The first-order chi connectivity index (χ1) is 13.0. The predicted octanol–water partition coefficient (Wildman–Crippen LogP) is 4.81. The number of hydrogen-bond acceptors (Lipinski definition) is 2. The fourth-order valence-electron chi connectivity index (χ4n) is 4.60. The van der Waals surface area contributed by atoms with Crippen molar-refractivity contribution in [1.29, 1.82) is 0 Å². The molecule has 4 heteroatoms. The number of carbonyl (C=O) groups is 2. The zero-order valence-corrected chi connectivity index (χ0v) is 17.0. The first-order valence-corrected chi connectivity index (χ1v) is 10.6. The quantitative estimate of drug-likeness (QED) is 0.826. The lowest BCUT2D eigenvalue weighted by molar-refractivity contribution is -0.139. The normalized spacial score (nSPS) is 26.1. The lowest BCUT2D eigenvalue weighted by atomic mass is 9.80. The summed E-state index contributed by atoms with van der Waals surface area (Å²) in [4.78, 5) is 27.6. The summed E-state index contributed by atoms with van der Waals surface area (Å²) in [5.74, 6) is 1.57. The molecule has 0 radical (unpaired) electrons. The second-order valence-electron chi connectivity index (χ2n) is 8.81. The molecular weight excluding hydrogens is 336 g/mol. The monoisotopic (exact) mass is 370 g/mol. The van der Waals surface area contributed by atoms with Gasteiger partial charge in [-0.05, 0) is 62.0 Å². The molecule has 1 N–H and O–H groups in total. The van der Waals surface area contributed by atoms with Crippen LogP contribution in [0, 0.1) is 17.8 Å². The van der Waals surface area contributed by atoms with Crippen molar-refractivity contribution < 1.29 is 9.59 Å². The Kier molecular flexibility index (Phi) is 6.56. The van der Waals surface area contributed by atoms with Crippen LogP contribution in [0.2, 0.25) is 0 Å². The average Bonchev–Trinajstić information content (AvgIpc) is 2.67. The first-order valence-electron chi connectivity index (χ1n) is 10.6. The molecule has 27 heavy (non-hydrogen) atoms. The molecule has 148 valence electrons. The van der Waals surface area contributed by atoms with Crippen LogP contribution in [-0.4, -0.2) is 29.8 Å². The molecule has 1 atom stereocenters. The number of nitrogens with one attached hydrogen (secondary N) is 1. The third-order valence-electron chi connectivity index (χ3n) is 6.26. The van der Waals surface area contributed by atoms with Gasteiger partial charge in [0.25, 0.3) is 0 Å². The number of hydrogen-bond donors (Lipinski definition) is 1. The molecule has 1 aliphatic heterocycles. The Morgan fingerprint density at radius 3 is 2.37 bits per heavy atom. The summed E-state index contributed by atoms with van der Waals surface area (Å²) in [6, 6.07) is 8.05. The van der Waals surface area contributed by atoms with Gasteiger partial charge in [0.2, 0.25) is 11.8 Å². The second kappa shape index (κ2) is 8.90. The van der Waals surface area contributed by atoms with Gasteiger partial charge in [-0.2, -0.15) is 0 Å². The van der Waals surface area contributed by atoms with E-state index in [2.05, 4.69) is 37.1 Å². The third-order valence-corrected chi connectivity index (χ3v) is 6.26. The van der Waals surface area contributed by atoms with E-state index in [9.17, 15) is 9.59 Å². The highest BCUT2D eigenvalue weighted by Gasteiger charge is 2.33. The van der Waals surface area contributed by atoms with Crippen LogP contribution in [0.15, 0.2) is 24.3 Å². The lowest BCUT2D eigenvalue weighted by Crippen LogP contribution is -2.43. The van der Waals surface area contributed by atoms with E-state index in [1.165, 1.54) is 12.0 Å². The van der Waals surface area contributed by atoms with Gasteiger partial charge >= 0.3 is 0 Å². The molecule has 1 saturated heterocycles. The summed E-state index contributed by atoms with van der Waals surface area (Å²) in [5, 5.41) is 3.14.